The highest BCUT2D eigenvalue weighted by atomic mass is 15.4. The number of fused-ring (bicyclic) bond motifs is 2. The first-order valence-corrected chi connectivity index (χ1v) is 4.62. The fourth-order valence-corrected chi connectivity index (χ4v) is 1.73. The standard InChI is InChI=1S/C10H10N4/c1-2-4-10-8(3-1)7-14-9(5-11-10)6-12-13-14/h1-4,6,11H,5,7H2. The minimum absolute atomic E-state index is 0.796. The van der Waals surface area contributed by atoms with Gasteiger partial charge < -0.3 is 5.32 Å². The lowest BCUT2D eigenvalue weighted by molar-refractivity contribution is 0.632. The summed E-state index contributed by atoms with van der Waals surface area (Å²) in [6.45, 7) is 1.60. The number of anilines is 1. The topological polar surface area (TPSA) is 42.7 Å². The Labute approximate surface area is 81.6 Å². The summed E-state index contributed by atoms with van der Waals surface area (Å²) in [7, 11) is 0. The number of para-hydroxylation sites is 1. The van der Waals surface area contributed by atoms with Crippen LogP contribution in [0.1, 0.15) is 11.3 Å². The second-order valence-electron chi connectivity index (χ2n) is 3.39. The van der Waals surface area contributed by atoms with Crippen LogP contribution in [0.5, 0.6) is 0 Å². The van der Waals surface area contributed by atoms with Crippen molar-refractivity contribution < 1.29 is 0 Å². The largest absolute Gasteiger partial charge is 0.379 e. The van der Waals surface area contributed by atoms with Crippen molar-refractivity contribution in [1.29, 1.82) is 0 Å². The molecule has 2 aromatic rings. The Kier molecular flexibility index (Phi) is 1.53. The van der Waals surface area contributed by atoms with Gasteiger partial charge in [0.15, 0.2) is 0 Å². The van der Waals surface area contributed by atoms with Gasteiger partial charge in [0, 0.05) is 5.69 Å². The Morgan fingerprint density at radius 3 is 3.21 bits per heavy atom. The summed E-state index contributed by atoms with van der Waals surface area (Å²) in [5.41, 5.74) is 3.58. The predicted octanol–water partition coefficient (Wildman–Crippen LogP) is 1.25. The third kappa shape index (κ3) is 1.08. The molecular weight excluding hydrogens is 176 g/mol. The molecule has 2 heterocycles. The van der Waals surface area contributed by atoms with Gasteiger partial charge in [-0.1, -0.05) is 23.4 Å². The smallest absolute Gasteiger partial charge is 0.0782 e. The van der Waals surface area contributed by atoms with Crippen LogP contribution in [-0.4, -0.2) is 15.0 Å². The molecule has 0 spiro atoms. The fourth-order valence-electron chi connectivity index (χ4n) is 1.73. The molecular formula is C10H10N4. The van der Waals surface area contributed by atoms with Crippen LogP contribution < -0.4 is 5.32 Å². The molecule has 1 aliphatic heterocycles. The Hall–Kier alpha value is -1.84. The summed E-state index contributed by atoms with van der Waals surface area (Å²) >= 11 is 0. The van der Waals surface area contributed by atoms with Crippen molar-refractivity contribution in [3.8, 4) is 0 Å². The number of rotatable bonds is 0. The molecule has 0 bridgehead atoms. The van der Waals surface area contributed by atoms with Crippen molar-refractivity contribution in [3.63, 3.8) is 0 Å². The van der Waals surface area contributed by atoms with Crippen LogP contribution in [0, 0.1) is 0 Å². The zero-order chi connectivity index (χ0) is 9.38. The molecule has 0 saturated heterocycles. The van der Waals surface area contributed by atoms with Crippen molar-refractivity contribution in [2.75, 3.05) is 5.32 Å². The molecule has 1 aromatic heterocycles. The van der Waals surface area contributed by atoms with Gasteiger partial charge in [-0.2, -0.15) is 0 Å². The van der Waals surface area contributed by atoms with E-state index in [0.717, 1.165) is 18.8 Å². The maximum Gasteiger partial charge on any atom is 0.0782 e. The van der Waals surface area contributed by atoms with Gasteiger partial charge in [-0.05, 0) is 11.6 Å². The Morgan fingerprint density at radius 1 is 1.29 bits per heavy atom. The van der Waals surface area contributed by atoms with Crippen LogP contribution in [-0.2, 0) is 13.1 Å². The number of benzene rings is 1. The highest BCUT2D eigenvalue weighted by Crippen LogP contribution is 2.20. The number of nitrogens with one attached hydrogen (secondary N) is 1. The predicted molar refractivity (Wildman–Crippen MR) is 52.9 cm³/mol. The van der Waals surface area contributed by atoms with Crippen LogP contribution >= 0.6 is 0 Å². The molecule has 4 heteroatoms. The van der Waals surface area contributed by atoms with Gasteiger partial charge in [-0.15, -0.1) is 5.10 Å². The van der Waals surface area contributed by atoms with E-state index in [1.807, 2.05) is 16.8 Å². The van der Waals surface area contributed by atoms with Gasteiger partial charge in [0.05, 0.1) is 25.0 Å². The summed E-state index contributed by atoms with van der Waals surface area (Å²) in [6.07, 6.45) is 1.80. The normalized spacial score (nSPS) is 13.7. The van der Waals surface area contributed by atoms with Crippen molar-refractivity contribution in [2.24, 2.45) is 0 Å². The van der Waals surface area contributed by atoms with E-state index in [1.54, 1.807) is 6.20 Å². The fraction of sp³-hybridized carbons (Fsp3) is 0.200. The lowest BCUT2D eigenvalue weighted by atomic mass is 10.2. The maximum absolute atomic E-state index is 4.04. The second kappa shape index (κ2) is 2.83. The average molecular weight is 186 g/mol. The molecule has 0 atom stereocenters. The molecule has 0 fully saturated rings. The molecule has 14 heavy (non-hydrogen) atoms. The van der Waals surface area contributed by atoms with Crippen molar-refractivity contribution >= 4 is 5.69 Å². The molecule has 4 nitrogen and oxygen atoms in total. The molecule has 0 unspecified atom stereocenters. The minimum atomic E-state index is 0.796. The van der Waals surface area contributed by atoms with Crippen molar-refractivity contribution in [3.05, 3.63) is 41.7 Å². The highest BCUT2D eigenvalue weighted by molar-refractivity contribution is 5.52. The maximum atomic E-state index is 4.04. The summed E-state index contributed by atoms with van der Waals surface area (Å²) in [4.78, 5) is 0. The van der Waals surface area contributed by atoms with E-state index in [9.17, 15) is 0 Å². The van der Waals surface area contributed by atoms with Crippen LogP contribution in [0.15, 0.2) is 30.5 Å². The summed E-state index contributed by atoms with van der Waals surface area (Å²) < 4.78 is 1.93. The van der Waals surface area contributed by atoms with Crippen LogP contribution in [0.25, 0.3) is 0 Å². The first-order valence-electron chi connectivity index (χ1n) is 4.62. The van der Waals surface area contributed by atoms with Gasteiger partial charge in [0.25, 0.3) is 0 Å². The SMILES string of the molecule is c1ccc2c(c1)Cn1nncc1CN2. The number of hydrogen-bond acceptors (Lipinski definition) is 3. The van der Waals surface area contributed by atoms with Gasteiger partial charge in [0.1, 0.15) is 0 Å². The molecule has 70 valence electrons. The Bertz CT molecular complexity index is 461. The first-order chi connectivity index (χ1) is 6.93. The monoisotopic (exact) mass is 186 g/mol. The highest BCUT2D eigenvalue weighted by Gasteiger charge is 2.11. The number of nitrogens with zero attached hydrogens (tertiary/aromatic N) is 3. The zero-order valence-corrected chi connectivity index (χ0v) is 7.64. The lowest BCUT2D eigenvalue weighted by Crippen LogP contribution is -2.04. The van der Waals surface area contributed by atoms with E-state index in [4.69, 9.17) is 0 Å². The van der Waals surface area contributed by atoms with Crippen LogP contribution in [0.4, 0.5) is 5.69 Å². The van der Waals surface area contributed by atoms with E-state index >= 15 is 0 Å². The van der Waals surface area contributed by atoms with Gasteiger partial charge >= 0.3 is 0 Å². The Morgan fingerprint density at radius 2 is 2.21 bits per heavy atom. The summed E-state index contributed by atoms with van der Waals surface area (Å²) in [5.74, 6) is 0. The molecule has 0 amide bonds. The average Bonchev–Trinajstić information content (AvgIpc) is 2.58. The lowest BCUT2D eigenvalue weighted by Gasteiger charge is -2.05. The Balaban J connectivity index is 2.10. The van der Waals surface area contributed by atoms with E-state index in [2.05, 4.69) is 27.8 Å². The zero-order valence-electron chi connectivity index (χ0n) is 7.64. The van der Waals surface area contributed by atoms with E-state index in [1.165, 1.54) is 11.3 Å². The van der Waals surface area contributed by atoms with Gasteiger partial charge in [0.2, 0.25) is 0 Å². The molecule has 0 saturated carbocycles. The second-order valence-corrected chi connectivity index (χ2v) is 3.39. The third-order valence-electron chi connectivity index (χ3n) is 2.50. The molecule has 3 rings (SSSR count). The van der Waals surface area contributed by atoms with Gasteiger partial charge in [-0.3, -0.25) is 0 Å². The molecule has 1 aromatic carbocycles. The molecule has 1 N–H and O–H groups in total. The minimum Gasteiger partial charge on any atom is -0.379 e. The van der Waals surface area contributed by atoms with E-state index < -0.39 is 0 Å². The third-order valence-corrected chi connectivity index (χ3v) is 2.50. The first kappa shape index (κ1) is 7.55. The van der Waals surface area contributed by atoms with Crippen molar-refractivity contribution in [1.82, 2.24) is 15.0 Å². The van der Waals surface area contributed by atoms with Gasteiger partial charge in [-0.25, -0.2) is 4.68 Å². The number of hydrogen-bond donors (Lipinski definition) is 1. The molecule has 0 radical (unpaired) electrons. The summed E-state index contributed by atoms with van der Waals surface area (Å²) in [5, 5.41) is 11.3. The van der Waals surface area contributed by atoms with E-state index in [-0.39, 0.29) is 0 Å². The van der Waals surface area contributed by atoms with E-state index in [0.29, 0.717) is 0 Å². The van der Waals surface area contributed by atoms with Crippen LogP contribution in [0.2, 0.25) is 0 Å². The quantitative estimate of drug-likeness (QED) is 0.673. The van der Waals surface area contributed by atoms with Crippen LogP contribution in [0.3, 0.4) is 0 Å². The molecule has 0 aliphatic carbocycles. The summed E-state index contributed by atoms with van der Waals surface area (Å²) in [6, 6.07) is 8.29. The number of aromatic nitrogens is 3. The molecule has 1 aliphatic rings. The van der Waals surface area contributed by atoms with Crippen molar-refractivity contribution in [2.45, 2.75) is 13.1 Å².